The first-order valence-electron chi connectivity index (χ1n) is 11.6. The molecule has 1 unspecified atom stereocenters. The molecule has 1 fully saturated rings. The average molecular weight is 525 g/mol. The zero-order valence-corrected chi connectivity index (χ0v) is 21.0. The van der Waals surface area contributed by atoms with Crippen LogP contribution in [0.3, 0.4) is 0 Å². The molecule has 0 aliphatic carbocycles. The van der Waals surface area contributed by atoms with Gasteiger partial charge in [0.05, 0.1) is 28.9 Å². The van der Waals surface area contributed by atoms with Crippen LogP contribution in [0.2, 0.25) is 5.02 Å². The molecular formula is C25H28ClF3N4O3. The zero-order chi connectivity index (χ0) is 26.5. The zero-order valence-electron chi connectivity index (χ0n) is 20.2. The second kappa shape index (κ2) is 11.7. The van der Waals surface area contributed by atoms with E-state index in [1.807, 2.05) is 13.8 Å². The van der Waals surface area contributed by atoms with Gasteiger partial charge in [-0.25, -0.2) is 4.98 Å². The second-order valence-corrected chi connectivity index (χ2v) is 8.43. The summed E-state index contributed by atoms with van der Waals surface area (Å²) in [5.74, 6) is -0.722. The summed E-state index contributed by atoms with van der Waals surface area (Å²) in [5, 5.41) is 3.18. The number of nitrogens with one attached hydrogen (secondary N) is 2. The molecule has 0 bridgehead atoms. The number of alkyl halides is 3. The predicted molar refractivity (Wildman–Crippen MR) is 132 cm³/mol. The molecule has 2 N–H and O–H groups in total. The fourth-order valence-corrected chi connectivity index (χ4v) is 4.14. The van der Waals surface area contributed by atoms with E-state index < -0.39 is 23.7 Å². The fourth-order valence-electron chi connectivity index (χ4n) is 3.96. The molecule has 11 heteroatoms. The van der Waals surface area contributed by atoms with E-state index >= 15 is 0 Å². The minimum absolute atomic E-state index is 0.0335. The van der Waals surface area contributed by atoms with Crippen molar-refractivity contribution in [2.24, 2.45) is 0 Å². The summed E-state index contributed by atoms with van der Waals surface area (Å²) in [6.07, 6.45) is -3.28. The topological polar surface area (TPSA) is 87.3 Å². The van der Waals surface area contributed by atoms with Gasteiger partial charge in [-0.05, 0) is 49.2 Å². The van der Waals surface area contributed by atoms with E-state index in [-0.39, 0.29) is 36.7 Å². The summed E-state index contributed by atoms with van der Waals surface area (Å²) < 4.78 is 46.8. The Balaban J connectivity index is 0.00000176. The smallest absolute Gasteiger partial charge is 0.382 e. The molecule has 0 radical (unpaired) electrons. The molecule has 2 amide bonds. The SMILES string of the molecule is CC.COCC(NC(=O)c1ccc(N2CCCCC2=O)c(C(F)(F)F)c1)c1nc2ccc(Cl)cc2[nH]1. The van der Waals surface area contributed by atoms with Crippen molar-refractivity contribution in [2.75, 3.05) is 25.2 Å². The van der Waals surface area contributed by atoms with Gasteiger partial charge in [-0.15, -0.1) is 0 Å². The number of imidazole rings is 1. The first kappa shape index (κ1) is 27.5. The first-order valence-corrected chi connectivity index (χ1v) is 12.0. The van der Waals surface area contributed by atoms with Gasteiger partial charge in [-0.1, -0.05) is 25.4 Å². The lowest BCUT2D eigenvalue weighted by atomic mass is 10.0. The van der Waals surface area contributed by atoms with Crippen LogP contribution in [0.5, 0.6) is 0 Å². The van der Waals surface area contributed by atoms with Crippen LogP contribution in [-0.4, -0.2) is 42.0 Å². The standard InChI is InChI=1S/C23H22ClF3N4O3.C2H6/c1-34-12-18(21-28-16-7-6-14(24)11-17(16)29-21)30-22(33)13-5-8-19(15(10-13)23(25,26)27)31-9-3-2-4-20(31)32;1-2/h5-8,10-11,18H,2-4,9,12H2,1H3,(H,28,29)(H,30,33);1-2H3. The van der Waals surface area contributed by atoms with Crippen LogP contribution in [0.1, 0.15) is 60.9 Å². The number of halogens is 4. The van der Waals surface area contributed by atoms with Crippen molar-refractivity contribution in [2.45, 2.75) is 45.3 Å². The second-order valence-electron chi connectivity index (χ2n) is 8.00. The van der Waals surface area contributed by atoms with E-state index in [2.05, 4.69) is 15.3 Å². The van der Waals surface area contributed by atoms with E-state index in [4.69, 9.17) is 16.3 Å². The van der Waals surface area contributed by atoms with Crippen molar-refractivity contribution in [3.63, 3.8) is 0 Å². The van der Waals surface area contributed by atoms with E-state index in [0.717, 1.165) is 11.0 Å². The van der Waals surface area contributed by atoms with Crippen molar-refractivity contribution in [1.29, 1.82) is 0 Å². The van der Waals surface area contributed by atoms with E-state index in [0.29, 0.717) is 34.7 Å². The number of hydrogen-bond donors (Lipinski definition) is 2. The molecule has 1 aromatic heterocycles. The third kappa shape index (κ3) is 6.17. The number of nitrogens with zero attached hydrogens (tertiary/aromatic N) is 2. The number of amides is 2. The van der Waals surface area contributed by atoms with Crippen LogP contribution in [0, 0.1) is 0 Å². The molecule has 1 atom stereocenters. The highest BCUT2D eigenvalue weighted by atomic mass is 35.5. The van der Waals surface area contributed by atoms with Crippen LogP contribution in [-0.2, 0) is 15.7 Å². The molecule has 7 nitrogen and oxygen atoms in total. The van der Waals surface area contributed by atoms with Gasteiger partial charge in [0.1, 0.15) is 11.9 Å². The third-order valence-electron chi connectivity index (χ3n) is 5.61. The highest BCUT2D eigenvalue weighted by molar-refractivity contribution is 6.31. The lowest BCUT2D eigenvalue weighted by Gasteiger charge is -2.29. The van der Waals surface area contributed by atoms with E-state index in [1.54, 1.807) is 18.2 Å². The third-order valence-corrected chi connectivity index (χ3v) is 5.84. The van der Waals surface area contributed by atoms with Crippen molar-refractivity contribution in [3.8, 4) is 0 Å². The number of carbonyl (C=O) groups is 2. The summed E-state index contributed by atoms with van der Waals surface area (Å²) in [5.41, 5.74) is -0.202. The summed E-state index contributed by atoms with van der Waals surface area (Å²) in [6.45, 7) is 4.24. The predicted octanol–water partition coefficient (Wildman–Crippen LogP) is 5.90. The number of methoxy groups -OCH3 is 1. The molecule has 1 saturated heterocycles. The molecule has 0 saturated carbocycles. The summed E-state index contributed by atoms with van der Waals surface area (Å²) in [7, 11) is 1.44. The largest absolute Gasteiger partial charge is 0.418 e. The first-order chi connectivity index (χ1) is 17.2. The maximum atomic E-state index is 13.9. The number of H-pyrrole nitrogens is 1. The Morgan fingerprint density at radius 1 is 1.22 bits per heavy atom. The van der Waals surface area contributed by atoms with Crippen LogP contribution in [0.15, 0.2) is 36.4 Å². The Bertz CT molecular complexity index is 1230. The number of piperidine rings is 1. The molecule has 194 valence electrons. The van der Waals surface area contributed by atoms with E-state index in [1.165, 1.54) is 19.2 Å². The molecule has 1 aliphatic rings. The van der Waals surface area contributed by atoms with Crippen LogP contribution >= 0.6 is 11.6 Å². The number of hydrogen-bond acceptors (Lipinski definition) is 4. The Morgan fingerprint density at radius 2 is 1.97 bits per heavy atom. The Kier molecular flexibility index (Phi) is 8.97. The average Bonchev–Trinajstić information content (AvgIpc) is 3.27. The van der Waals surface area contributed by atoms with Crippen molar-refractivity contribution >= 4 is 40.1 Å². The van der Waals surface area contributed by atoms with Crippen molar-refractivity contribution in [3.05, 3.63) is 58.4 Å². The quantitative estimate of drug-likeness (QED) is 0.420. The fraction of sp³-hybridized carbons (Fsp3) is 0.400. The summed E-state index contributed by atoms with van der Waals surface area (Å²) in [6, 6.07) is 7.54. The van der Waals surface area contributed by atoms with Gasteiger partial charge in [0, 0.05) is 30.7 Å². The molecule has 1 aliphatic heterocycles. The molecule has 36 heavy (non-hydrogen) atoms. The molecule has 3 aromatic rings. The molecule has 4 rings (SSSR count). The number of anilines is 1. The monoisotopic (exact) mass is 524 g/mol. The molecule has 2 aromatic carbocycles. The lowest BCUT2D eigenvalue weighted by molar-refractivity contribution is -0.137. The molecule has 2 heterocycles. The van der Waals surface area contributed by atoms with Gasteiger partial charge in [0.2, 0.25) is 5.91 Å². The van der Waals surface area contributed by atoms with E-state index in [9.17, 15) is 22.8 Å². The molecule has 0 spiro atoms. The van der Waals surface area contributed by atoms with Crippen LogP contribution in [0.25, 0.3) is 11.0 Å². The number of ether oxygens (including phenoxy) is 1. The highest BCUT2D eigenvalue weighted by Gasteiger charge is 2.37. The Labute approximate surface area is 212 Å². The van der Waals surface area contributed by atoms with Crippen LogP contribution in [0.4, 0.5) is 18.9 Å². The normalized spacial score (nSPS) is 14.9. The van der Waals surface area contributed by atoms with Gasteiger partial charge in [-0.3, -0.25) is 9.59 Å². The van der Waals surface area contributed by atoms with Crippen molar-refractivity contribution in [1.82, 2.24) is 15.3 Å². The van der Waals surface area contributed by atoms with Gasteiger partial charge in [-0.2, -0.15) is 13.2 Å². The maximum absolute atomic E-state index is 13.9. The summed E-state index contributed by atoms with van der Waals surface area (Å²) >= 11 is 6.00. The minimum Gasteiger partial charge on any atom is -0.382 e. The number of rotatable bonds is 6. The minimum atomic E-state index is -4.74. The molecular weight excluding hydrogens is 497 g/mol. The Hall–Kier alpha value is -3.11. The lowest BCUT2D eigenvalue weighted by Crippen LogP contribution is -2.37. The number of carbonyl (C=O) groups excluding carboxylic acids is 2. The van der Waals surface area contributed by atoms with Gasteiger partial charge in [0.25, 0.3) is 5.91 Å². The van der Waals surface area contributed by atoms with Gasteiger partial charge < -0.3 is 19.9 Å². The number of aromatic amines is 1. The highest BCUT2D eigenvalue weighted by Crippen LogP contribution is 2.38. The number of aromatic nitrogens is 2. The van der Waals surface area contributed by atoms with Gasteiger partial charge in [0.15, 0.2) is 0 Å². The maximum Gasteiger partial charge on any atom is 0.418 e. The number of fused-ring (bicyclic) bond motifs is 1. The number of benzene rings is 2. The van der Waals surface area contributed by atoms with Crippen LogP contribution < -0.4 is 10.2 Å². The summed E-state index contributed by atoms with van der Waals surface area (Å²) in [4.78, 5) is 33.8. The Morgan fingerprint density at radius 3 is 2.64 bits per heavy atom. The van der Waals surface area contributed by atoms with Gasteiger partial charge >= 0.3 is 6.18 Å². The van der Waals surface area contributed by atoms with Crippen molar-refractivity contribution < 1.29 is 27.5 Å².